The highest BCUT2D eigenvalue weighted by Gasteiger charge is 2.26. The number of nitrogens with one attached hydrogen (secondary N) is 2. The van der Waals surface area contributed by atoms with Gasteiger partial charge in [0.1, 0.15) is 0 Å². The van der Waals surface area contributed by atoms with Crippen molar-refractivity contribution in [2.24, 2.45) is 11.8 Å². The lowest BCUT2D eigenvalue weighted by Crippen LogP contribution is -2.44. The minimum Gasteiger partial charge on any atom is -0.355 e. The smallest absolute Gasteiger partial charge is 0.223 e. The van der Waals surface area contributed by atoms with Gasteiger partial charge in [-0.15, -0.1) is 0 Å². The Balaban J connectivity index is 1.00. The number of nitrogens with zero attached hydrogens (tertiary/aromatic N) is 3. The molecule has 2 saturated heterocycles. The molecule has 2 aliphatic heterocycles. The monoisotopic (exact) mass is 459 g/mol. The van der Waals surface area contributed by atoms with Gasteiger partial charge in [-0.3, -0.25) is 4.79 Å². The standard InChI is InChI=1S/C28H37N5O/c1-21-7-8-25-26(19-21)31-28(30-25)33-16-11-24(12-17-33)27(34)29-13-18-32-14-9-23(10-15-32)20-22-5-3-2-4-6-22/h2-8,19,23-24H,9-18,20H2,1H3,(H,29,34)(H,30,31). The topological polar surface area (TPSA) is 64.3 Å². The van der Waals surface area contributed by atoms with Crippen LogP contribution in [-0.2, 0) is 11.2 Å². The molecule has 0 spiro atoms. The fourth-order valence-electron chi connectivity index (χ4n) is 5.46. The van der Waals surface area contributed by atoms with E-state index in [1.165, 1.54) is 30.4 Å². The van der Waals surface area contributed by atoms with E-state index in [9.17, 15) is 4.79 Å². The molecule has 180 valence electrons. The van der Waals surface area contributed by atoms with Crippen LogP contribution >= 0.6 is 0 Å². The second kappa shape index (κ2) is 10.6. The van der Waals surface area contributed by atoms with Gasteiger partial charge in [0.2, 0.25) is 11.9 Å². The van der Waals surface area contributed by atoms with E-state index in [0.717, 1.165) is 75.0 Å². The second-order valence-corrected chi connectivity index (χ2v) is 10.1. The molecule has 5 rings (SSSR count). The van der Waals surface area contributed by atoms with Crippen molar-refractivity contribution in [3.05, 3.63) is 59.7 Å². The molecule has 1 amide bonds. The van der Waals surface area contributed by atoms with Gasteiger partial charge in [0.05, 0.1) is 11.0 Å². The molecular weight excluding hydrogens is 422 g/mol. The average Bonchev–Trinajstić information content (AvgIpc) is 3.29. The summed E-state index contributed by atoms with van der Waals surface area (Å²) in [6.07, 6.45) is 5.46. The maximum absolute atomic E-state index is 12.7. The van der Waals surface area contributed by atoms with Crippen LogP contribution in [0.4, 0.5) is 5.95 Å². The molecule has 6 nitrogen and oxygen atoms in total. The van der Waals surface area contributed by atoms with Gasteiger partial charge in [-0.05, 0) is 81.3 Å². The first kappa shape index (κ1) is 22.9. The Morgan fingerprint density at radius 1 is 1.03 bits per heavy atom. The van der Waals surface area contributed by atoms with Crippen LogP contribution < -0.4 is 10.2 Å². The number of aryl methyl sites for hydroxylation is 1. The minimum absolute atomic E-state index is 0.111. The molecule has 3 aromatic rings. The van der Waals surface area contributed by atoms with Gasteiger partial charge in [0.25, 0.3) is 0 Å². The molecule has 0 atom stereocenters. The first-order valence-electron chi connectivity index (χ1n) is 12.9. The van der Waals surface area contributed by atoms with Gasteiger partial charge in [-0.1, -0.05) is 36.4 Å². The summed E-state index contributed by atoms with van der Waals surface area (Å²) in [5, 5.41) is 3.21. The Hall–Kier alpha value is -2.86. The first-order chi connectivity index (χ1) is 16.6. The van der Waals surface area contributed by atoms with Crippen LogP contribution in [0.15, 0.2) is 48.5 Å². The fraction of sp³-hybridized carbons (Fsp3) is 0.500. The Kier molecular flexibility index (Phi) is 7.14. The number of piperidine rings is 2. The second-order valence-electron chi connectivity index (χ2n) is 10.1. The van der Waals surface area contributed by atoms with E-state index in [0.29, 0.717) is 0 Å². The number of hydrogen-bond donors (Lipinski definition) is 2. The number of benzene rings is 2. The molecule has 0 saturated carbocycles. The maximum atomic E-state index is 12.7. The lowest BCUT2D eigenvalue weighted by molar-refractivity contribution is -0.125. The van der Waals surface area contributed by atoms with Crippen LogP contribution in [0, 0.1) is 18.8 Å². The van der Waals surface area contributed by atoms with Crippen molar-refractivity contribution in [1.29, 1.82) is 0 Å². The van der Waals surface area contributed by atoms with Crippen LogP contribution in [0.1, 0.15) is 36.8 Å². The van der Waals surface area contributed by atoms with Crippen molar-refractivity contribution in [2.75, 3.05) is 44.2 Å². The van der Waals surface area contributed by atoms with Crippen molar-refractivity contribution in [3.8, 4) is 0 Å². The molecule has 0 unspecified atom stereocenters. The number of hydrogen-bond acceptors (Lipinski definition) is 4. The van der Waals surface area contributed by atoms with Gasteiger partial charge >= 0.3 is 0 Å². The number of aromatic amines is 1. The Morgan fingerprint density at radius 3 is 2.56 bits per heavy atom. The number of likely N-dealkylation sites (tertiary alicyclic amines) is 1. The van der Waals surface area contributed by atoms with E-state index in [-0.39, 0.29) is 11.8 Å². The largest absolute Gasteiger partial charge is 0.355 e. The number of H-pyrrole nitrogens is 1. The van der Waals surface area contributed by atoms with Crippen LogP contribution in [0.2, 0.25) is 0 Å². The summed E-state index contributed by atoms with van der Waals surface area (Å²) < 4.78 is 0. The van der Waals surface area contributed by atoms with E-state index in [2.05, 4.69) is 75.6 Å². The van der Waals surface area contributed by atoms with Crippen LogP contribution in [0.5, 0.6) is 0 Å². The summed E-state index contributed by atoms with van der Waals surface area (Å²) in [5.41, 5.74) is 4.77. The molecule has 6 heteroatoms. The number of aromatic nitrogens is 2. The quantitative estimate of drug-likeness (QED) is 0.557. The Morgan fingerprint density at radius 2 is 1.79 bits per heavy atom. The van der Waals surface area contributed by atoms with Crippen molar-refractivity contribution in [3.63, 3.8) is 0 Å². The van der Waals surface area contributed by atoms with Gasteiger partial charge in [-0.2, -0.15) is 0 Å². The number of imidazole rings is 1. The van der Waals surface area contributed by atoms with Crippen molar-refractivity contribution >= 4 is 22.9 Å². The summed E-state index contributed by atoms with van der Waals surface area (Å²) in [6.45, 7) is 7.83. The third-order valence-corrected chi connectivity index (χ3v) is 7.59. The minimum atomic E-state index is 0.111. The average molecular weight is 460 g/mol. The number of carbonyl (C=O) groups is 1. The summed E-state index contributed by atoms with van der Waals surface area (Å²) in [5.74, 6) is 2.04. The summed E-state index contributed by atoms with van der Waals surface area (Å²) in [7, 11) is 0. The van der Waals surface area contributed by atoms with E-state index in [1.807, 2.05) is 0 Å². The molecule has 2 fully saturated rings. The maximum Gasteiger partial charge on any atom is 0.223 e. The van der Waals surface area contributed by atoms with Crippen molar-refractivity contribution in [2.45, 2.75) is 39.0 Å². The fourth-order valence-corrected chi connectivity index (χ4v) is 5.46. The van der Waals surface area contributed by atoms with E-state index >= 15 is 0 Å². The van der Waals surface area contributed by atoms with Gasteiger partial charge in [0.15, 0.2) is 0 Å². The van der Waals surface area contributed by atoms with Crippen LogP contribution in [0.25, 0.3) is 11.0 Å². The molecule has 34 heavy (non-hydrogen) atoms. The molecule has 0 bridgehead atoms. The summed E-state index contributed by atoms with van der Waals surface area (Å²) in [4.78, 5) is 25.7. The van der Waals surface area contributed by atoms with E-state index in [4.69, 9.17) is 4.98 Å². The Bertz CT molecular complexity index is 1080. The molecule has 0 aliphatic carbocycles. The molecule has 3 heterocycles. The highest BCUT2D eigenvalue weighted by atomic mass is 16.1. The number of rotatable bonds is 7. The van der Waals surface area contributed by atoms with Gasteiger partial charge < -0.3 is 20.1 Å². The number of anilines is 1. The zero-order valence-electron chi connectivity index (χ0n) is 20.3. The molecule has 1 aromatic heterocycles. The highest BCUT2D eigenvalue weighted by molar-refractivity contribution is 5.80. The van der Waals surface area contributed by atoms with Crippen molar-refractivity contribution < 1.29 is 4.79 Å². The molecule has 0 radical (unpaired) electrons. The summed E-state index contributed by atoms with van der Waals surface area (Å²) in [6, 6.07) is 17.1. The SMILES string of the molecule is Cc1ccc2nc(N3CCC(C(=O)NCCN4CCC(Cc5ccccc5)CC4)CC3)[nH]c2c1. The third-order valence-electron chi connectivity index (χ3n) is 7.59. The van der Waals surface area contributed by atoms with Crippen molar-refractivity contribution in [1.82, 2.24) is 20.2 Å². The molecule has 2 N–H and O–H groups in total. The molecule has 2 aromatic carbocycles. The van der Waals surface area contributed by atoms with Gasteiger partial charge in [0, 0.05) is 32.1 Å². The normalized spacial score (nSPS) is 18.4. The predicted octanol–water partition coefficient (Wildman–Crippen LogP) is 4.16. The zero-order valence-corrected chi connectivity index (χ0v) is 20.3. The predicted molar refractivity (Wildman–Crippen MR) is 138 cm³/mol. The lowest BCUT2D eigenvalue weighted by Gasteiger charge is -2.33. The molecular formula is C28H37N5O. The zero-order chi connectivity index (χ0) is 23.3. The molecule has 2 aliphatic rings. The number of fused-ring (bicyclic) bond motifs is 1. The van der Waals surface area contributed by atoms with Crippen LogP contribution in [-0.4, -0.2) is 60.0 Å². The first-order valence-corrected chi connectivity index (χ1v) is 12.9. The van der Waals surface area contributed by atoms with Crippen LogP contribution in [0.3, 0.4) is 0 Å². The Labute approximate surface area is 202 Å². The van der Waals surface area contributed by atoms with E-state index < -0.39 is 0 Å². The lowest BCUT2D eigenvalue weighted by atomic mass is 9.90. The van der Waals surface area contributed by atoms with Gasteiger partial charge in [-0.25, -0.2) is 4.98 Å². The van der Waals surface area contributed by atoms with E-state index in [1.54, 1.807) is 0 Å². The third kappa shape index (κ3) is 5.61. The highest BCUT2D eigenvalue weighted by Crippen LogP contribution is 2.24. The number of carbonyl (C=O) groups excluding carboxylic acids is 1. The number of amides is 1. The summed E-state index contributed by atoms with van der Waals surface area (Å²) >= 11 is 0.